The van der Waals surface area contributed by atoms with Crippen LogP contribution in [0.2, 0.25) is 0 Å². The minimum absolute atomic E-state index is 0. The van der Waals surface area contributed by atoms with Crippen molar-refractivity contribution in [1.82, 2.24) is 15.5 Å². The van der Waals surface area contributed by atoms with E-state index in [4.69, 9.17) is 4.99 Å². The number of rotatable bonds is 7. The van der Waals surface area contributed by atoms with Crippen molar-refractivity contribution in [2.45, 2.75) is 46.6 Å². The molecule has 1 heterocycles. The zero-order chi connectivity index (χ0) is 21.2. The molecule has 8 heteroatoms. The number of nitrogens with one attached hydrogen (secondary N) is 3. The molecular weight excluding hydrogens is 493 g/mol. The van der Waals surface area contributed by atoms with E-state index in [-0.39, 0.29) is 41.7 Å². The van der Waals surface area contributed by atoms with Gasteiger partial charge in [-0.3, -0.25) is 9.59 Å². The maximum atomic E-state index is 11.8. The van der Waals surface area contributed by atoms with Gasteiger partial charge in [0.05, 0.1) is 6.54 Å². The first-order chi connectivity index (χ1) is 13.9. The van der Waals surface area contributed by atoms with Crippen molar-refractivity contribution < 1.29 is 9.59 Å². The molecule has 168 valence electrons. The van der Waals surface area contributed by atoms with Gasteiger partial charge in [-0.15, -0.1) is 24.0 Å². The molecule has 0 aliphatic carbocycles. The first kappa shape index (κ1) is 26.2. The van der Waals surface area contributed by atoms with Gasteiger partial charge in [0, 0.05) is 44.7 Å². The van der Waals surface area contributed by atoms with Crippen LogP contribution in [0.4, 0.5) is 5.69 Å². The van der Waals surface area contributed by atoms with E-state index in [0.29, 0.717) is 18.9 Å². The molecule has 7 nitrogen and oxygen atoms in total. The van der Waals surface area contributed by atoms with Crippen LogP contribution in [0.3, 0.4) is 0 Å². The summed E-state index contributed by atoms with van der Waals surface area (Å²) in [6.07, 6.45) is 2.61. The van der Waals surface area contributed by atoms with Crippen LogP contribution in [0.25, 0.3) is 0 Å². The molecule has 0 atom stereocenters. The number of piperidine rings is 1. The van der Waals surface area contributed by atoms with Crippen LogP contribution in [0.5, 0.6) is 0 Å². The van der Waals surface area contributed by atoms with Crippen LogP contribution >= 0.6 is 24.0 Å². The third-order valence-corrected chi connectivity index (χ3v) is 5.16. The van der Waals surface area contributed by atoms with E-state index in [9.17, 15) is 9.59 Å². The molecule has 30 heavy (non-hydrogen) atoms. The van der Waals surface area contributed by atoms with Crippen LogP contribution in [0.1, 0.15) is 45.6 Å². The molecule has 1 aliphatic heterocycles. The third-order valence-electron chi connectivity index (χ3n) is 5.16. The minimum Gasteiger partial charge on any atom is -0.359 e. The van der Waals surface area contributed by atoms with Crippen molar-refractivity contribution in [3.63, 3.8) is 0 Å². The molecule has 1 aromatic carbocycles. The lowest BCUT2D eigenvalue weighted by Crippen LogP contribution is -2.46. The van der Waals surface area contributed by atoms with Crippen LogP contribution in [-0.2, 0) is 16.1 Å². The van der Waals surface area contributed by atoms with E-state index in [0.717, 1.165) is 49.7 Å². The fourth-order valence-electron chi connectivity index (χ4n) is 3.29. The second-order valence-electron chi connectivity index (χ2n) is 7.82. The molecule has 1 aromatic rings. The van der Waals surface area contributed by atoms with Crippen LogP contribution in [0.15, 0.2) is 29.3 Å². The molecule has 1 saturated heterocycles. The Morgan fingerprint density at radius 1 is 1.17 bits per heavy atom. The van der Waals surface area contributed by atoms with Crippen molar-refractivity contribution in [2.24, 2.45) is 16.8 Å². The predicted molar refractivity (Wildman–Crippen MR) is 133 cm³/mol. The Bertz CT molecular complexity index is 698. The average molecular weight is 529 g/mol. The molecule has 2 amide bonds. The van der Waals surface area contributed by atoms with Crippen LogP contribution < -0.4 is 16.0 Å². The highest BCUT2D eigenvalue weighted by Gasteiger charge is 2.23. The molecule has 0 aromatic heterocycles. The Hall–Kier alpha value is -1.84. The van der Waals surface area contributed by atoms with Gasteiger partial charge in [0.1, 0.15) is 0 Å². The highest BCUT2D eigenvalue weighted by molar-refractivity contribution is 14.0. The van der Waals surface area contributed by atoms with Gasteiger partial charge in [-0.05, 0) is 43.4 Å². The van der Waals surface area contributed by atoms with Gasteiger partial charge in [0.15, 0.2) is 5.96 Å². The Morgan fingerprint density at radius 2 is 1.80 bits per heavy atom. The summed E-state index contributed by atoms with van der Waals surface area (Å²) in [5.41, 5.74) is 1.90. The Morgan fingerprint density at radius 3 is 2.33 bits per heavy atom. The van der Waals surface area contributed by atoms with Gasteiger partial charge in [-0.25, -0.2) is 4.99 Å². The summed E-state index contributed by atoms with van der Waals surface area (Å²) < 4.78 is 0. The summed E-state index contributed by atoms with van der Waals surface area (Å²) in [5, 5.41) is 9.00. The number of nitrogens with zero attached hydrogens (tertiary/aromatic N) is 2. The lowest BCUT2D eigenvalue weighted by atomic mass is 9.93. The summed E-state index contributed by atoms with van der Waals surface area (Å²) in [6, 6.07) is 7.84. The van der Waals surface area contributed by atoms with Crippen molar-refractivity contribution in [3.8, 4) is 0 Å². The number of carbonyl (C=O) groups is 2. The quantitative estimate of drug-likeness (QED) is 0.288. The van der Waals surface area contributed by atoms with E-state index in [2.05, 4.69) is 27.8 Å². The van der Waals surface area contributed by atoms with Crippen molar-refractivity contribution in [2.75, 3.05) is 32.0 Å². The second kappa shape index (κ2) is 13.5. The first-order valence-electron chi connectivity index (χ1n) is 10.6. The fraction of sp³-hybridized carbons (Fsp3) is 0.591. The molecule has 2 rings (SSSR count). The van der Waals surface area contributed by atoms with Gasteiger partial charge in [0.2, 0.25) is 11.8 Å². The van der Waals surface area contributed by atoms with Gasteiger partial charge < -0.3 is 20.9 Å². The summed E-state index contributed by atoms with van der Waals surface area (Å²) in [4.78, 5) is 30.5. The lowest BCUT2D eigenvalue weighted by Gasteiger charge is -2.34. The Balaban J connectivity index is 0.00000450. The van der Waals surface area contributed by atoms with Crippen LogP contribution in [0, 0.1) is 11.8 Å². The zero-order valence-electron chi connectivity index (χ0n) is 18.5. The second-order valence-corrected chi connectivity index (χ2v) is 7.82. The molecule has 1 aliphatic rings. The maximum Gasteiger partial charge on any atom is 0.226 e. The molecule has 1 fully saturated rings. The molecule has 0 radical (unpaired) electrons. The Kier molecular flexibility index (Phi) is 11.8. The van der Waals surface area contributed by atoms with Crippen molar-refractivity contribution in [3.05, 3.63) is 29.8 Å². The number of anilines is 1. The molecule has 0 bridgehead atoms. The normalized spacial score (nSPS) is 14.8. The van der Waals surface area contributed by atoms with Gasteiger partial charge >= 0.3 is 0 Å². The molecular formula is C22H36IN5O2. The fourth-order valence-corrected chi connectivity index (χ4v) is 3.29. The topological polar surface area (TPSA) is 85.8 Å². The molecule has 3 N–H and O–H groups in total. The summed E-state index contributed by atoms with van der Waals surface area (Å²) in [7, 11) is 1.69. The van der Waals surface area contributed by atoms with Crippen molar-refractivity contribution in [1.29, 1.82) is 0 Å². The highest BCUT2D eigenvalue weighted by Crippen LogP contribution is 2.20. The van der Waals surface area contributed by atoms with Crippen molar-refractivity contribution >= 4 is 47.4 Å². The number of likely N-dealkylation sites (tertiary alicyclic amines) is 1. The molecule has 0 spiro atoms. The minimum atomic E-state index is -0.0394. The summed E-state index contributed by atoms with van der Waals surface area (Å²) >= 11 is 0. The number of hydrogen-bond acceptors (Lipinski definition) is 3. The number of benzene rings is 1. The number of halogens is 1. The highest BCUT2D eigenvalue weighted by atomic mass is 127. The maximum absolute atomic E-state index is 11.8. The largest absolute Gasteiger partial charge is 0.359 e. The number of guanidine groups is 1. The summed E-state index contributed by atoms with van der Waals surface area (Å²) in [5.74, 6) is 1.47. The molecule has 0 saturated carbocycles. The number of hydrogen-bond donors (Lipinski definition) is 3. The molecule has 0 unspecified atom stereocenters. The smallest absolute Gasteiger partial charge is 0.226 e. The summed E-state index contributed by atoms with van der Waals surface area (Å²) in [6.45, 7) is 9.04. The monoisotopic (exact) mass is 529 g/mol. The van der Waals surface area contributed by atoms with Gasteiger partial charge in [-0.1, -0.05) is 26.0 Å². The predicted octanol–water partition coefficient (Wildman–Crippen LogP) is 3.21. The van der Waals surface area contributed by atoms with E-state index in [1.165, 1.54) is 0 Å². The number of carbonyl (C=O) groups excluding carboxylic acids is 2. The third kappa shape index (κ3) is 8.49. The standard InChI is InChI=1S/C22H35N5O2.HI/c1-5-24-22(27-12-10-17(11-13-27)14-20(28)23-4)25-15-18-6-8-19(9-7-18)26-21(29)16(2)3;/h6-9,16-17H,5,10-15H2,1-4H3,(H,23,28)(H,24,25)(H,26,29);1H. The van der Waals surface area contributed by atoms with Gasteiger partial charge in [-0.2, -0.15) is 0 Å². The first-order valence-corrected chi connectivity index (χ1v) is 10.6. The SMILES string of the molecule is CCNC(=NCc1ccc(NC(=O)C(C)C)cc1)N1CCC(CC(=O)NC)CC1.I. The van der Waals surface area contributed by atoms with Gasteiger partial charge in [0.25, 0.3) is 0 Å². The van der Waals surface area contributed by atoms with Crippen LogP contribution in [-0.4, -0.2) is 49.4 Å². The average Bonchev–Trinajstić information content (AvgIpc) is 2.72. The van der Waals surface area contributed by atoms with E-state index in [1.807, 2.05) is 38.1 Å². The lowest BCUT2D eigenvalue weighted by molar-refractivity contribution is -0.122. The van der Waals surface area contributed by atoms with E-state index >= 15 is 0 Å². The Labute approximate surface area is 197 Å². The van der Waals surface area contributed by atoms with E-state index < -0.39 is 0 Å². The van der Waals surface area contributed by atoms with E-state index in [1.54, 1.807) is 7.05 Å². The number of amides is 2. The zero-order valence-corrected chi connectivity index (χ0v) is 20.9. The number of aliphatic imine (C=N–C) groups is 1.